The Balaban J connectivity index is 1.29. The number of morpholine rings is 1. The number of nitrogens with zero attached hydrogens (tertiary/aromatic N) is 3. The van der Waals surface area contributed by atoms with Gasteiger partial charge >= 0.3 is 0 Å². The predicted octanol–water partition coefficient (Wildman–Crippen LogP) is 3.63. The van der Waals surface area contributed by atoms with Gasteiger partial charge in [-0.15, -0.1) is 11.3 Å². The fraction of sp³-hybridized carbons (Fsp3) is 0.333. The minimum absolute atomic E-state index is 0.0799. The standard InChI is InChI=1S/C24H25ClN4O4S2/c25-19-7-6-18(14-22(19)35(31,32)29-10-12-33-13-11-29)23(30)27-24-26-20-8-9-28(16-21(20)34-24)15-17-4-2-1-3-5-17/h1-7,14H,8-13,15-16H2,(H,26,27,30). The van der Waals surface area contributed by atoms with Gasteiger partial charge in [0.25, 0.3) is 5.91 Å². The van der Waals surface area contributed by atoms with Crippen molar-refractivity contribution in [2.75, 3.05) is 38.2 Å². The number of benzene rings is 2. The third-order valence-electron chi connectivity index (χ3n) is 6.06. The highest BCUT2D eigenvalue weighted by Gasteiger charge is 2.29. The minimum Gasteiger partial charge on any atom is -0.379 e. The van der Waals surface area contributed by atoms with Gasteiger partial charge in [0.1, 0.15) is 4.90 Å². The molecule has 1 amide bonds. The van der Waals surface area contributed by atoms with E-state index in [0.717, 1.165) is 36.6 Å². The predicted molar refractivity (Wildman–Crippen MR) is 135 cm³/mol. The highest BCUT2D eigenvalue weighted by Crippen LogP contribution is 2.30. The van der Waals surface area contributed by atoms with Crippen LogP contribution in [0.25, 0.3) is 0 Å². The van der Waals surface area contributed by atoms with Gasteiger partial charge in [-0.2, -0.15) is 4.31 Å². The summed E-state index contributed by atoms with van der Waals surface area (Å²) >= 11 is 7.68. The Morgan fingerprint density at radius 1 is 1.11 bits per heavy atom. The summed E-state index contributed by atoms with van der Waals surface area (Å²) in [5.74, 6) is -0.424. The highest BCUT2D eigenvalue weighted by atomic mass is 35.5. The van der Waals surface area contributed by atoms with Gasteiger partial charge in [-0.25, -0.2) is 13.4 Å². The number of aromatic nitrogens is 1. The number of nitrogens with one attached hydrogen (secondary N) is 1. The molecular formula is C24H25ClN4O4S2. The smallest absolute Gasteiger partial charge is 0.257 e. The van der Waals surface area contributed by atoms with E-state index in [1.54, 1.807) is 0 Å². The van der Waals surface area contributed by atoms with E-state index < -0.39 is 15.9 Å². The van der Waals surface area contributed by atoms with Crippen LogP contribution in [0.3, 0.4) is 0 Å². The molecule has 1 N–H and O–H groups in total. The van der Waals surface area contributed by atoms with Crippen molar-refractivity contribution in [3.05, 3.63) is 75.3 Å². The lowest BCUT2D eigenvalue weighted by Crippen LogP contribution is -2.40. The first kappa shape index (κ1) is 24.4. The molecule has 0 aliphatic carbocycles. The van der Waals surface area contributed by atoms with Gasteiger partial charge in [-0.1, -0.05) is 41.9 Å². The van der Waals surface area contributed by atoms with Crippen LogP contribution in [0.5, 0.6) is 0 Å². The third-order valence-corrected chi connectivity index (χ3v) is 9.44. The Labute approximate surface area is 213 Å². The number of carbonyl (C=O) groups is 1. The number of anilines is 1. The number of hydrogen-bond donors (Lipinski definition) is 1. The fourth-order valence-corrected chi connectivity index (χ4v) is 7.17. The molecule has 0 saturated carbocycles. The highest BCUT2D eigenvalue weighted by molar-refractivity contribution is 7.89. The second kappa shape index (κ2) is 10.3. The monoisotopic (exact) mass is 532 g/mol. The molecule has 184 valence electrons. The van der Waals surface area contributed by atoms with Crippen LogP contribution in [0, 0.1) is 0 Å². The van der Waals surface area contributed by atoms with Gasteiger partial charge in [-0.3, -0.25) is 15.0 Å². The Morgan fingerprint density at radius 3 is 2.66 bits per heavy atom. The largest absolute Gasteiger partial charge is 0.379 e. The number of ether oxygens (including phenoxy) is 1. The second-order valence-corrected chi connectivity index (χ2v) is 11.8. The molecule has 0 atom stereocenters. The Kier molecular flexibility index (Phi) is 7.19. The minimum atomic E-state index is -3.83. The summed E-state index contributed by atoms with van der Waals surface area (Å²) in [7, 11) is -3.83. The number of hydrogen-bond acceptors (Lipinski definition) is 7. The van der Waals surface area contributed by atoms with Crippen molar-refractivity contribution < 1.29 is 17.9 Å². The van der Waals surface area contributed by atoms with E-state index in [9.17, 15) is 13.2 Å². The average Bonchev–Trinajstić information content (AvgIpc) is 3.27. The Bertz CT molecular complexity index is 1320. The molecular weight excluding hydrogens is 508 g/mol. The van der Waals surface area contributed by atoms with Crippen LogP contribution in [0.1, 0.15) is 26.5 Å². The molecule has 3 heterocycles. The van der Waals surface area contributed by atoms with E-state index in [0.29, 0.717) is 18.3 Å². The van der Waals surface area contributed by atoms with E-state index in [4.69, 9.17) is 16.3 Å². The molecule has 0 bridgehead atoms. The topological polar surface area (TPSA) is 91.8 Å². The van der Waals surface area contributed by atoms with Crippen LogP contribution in [-0.2, 0) is 34.3 Å². The van der Waals surface area contributed by atoms with Crippen molar-refractivity contribution in [3.8, 4) is 0 Å². The summed E-state index contributed by atoms with van der Waals surface area (Å²) in [4.78, 5) is 21.0. The van der Waals surface area contributed by atoms with Crippen molar-refractivity contribution in [3.63, 3.8) is 0 Å². The molecule has 2 aromatic carbocycles. The number of rotatable bonds is 6. The molecule has 2 aliphatic rings. The fourth-order valence-electron chi connectivity index (χ4n) is 4.22. The maximum atomic E-state index is 13.1. The van der Waals surface area contributed by atoms with Crippen molar-refractivity contribution >= 4 is 44.0 Å². The number of carbonyl (C=O) groups excluding carboxylic acids is 1. The zero-order valence-electron chi connectivity index (χ0n) is 18.9. The lowest BCUT2D eigenvalue weighted by molar-refractivity contribution is 0.0730. The number of amides is 1. The van der Waals surface area contributed by atoms with E-state index in [1.165, 1.54) is 39.4 Å². The average molecular weight is 533 g/mol. The number of fused-ring (bicyclic) bond motifs is 1. The Morgan fingerprint density at radius 2 is 1.89 bits per heavy atom. The van der Waals surface area contributed by atoms with Gasteiger partial charge in [-0.05, 0) is 23.8 Å². The van der Waals surface area contributed by atoms with E-state index in [-0.39, 0.29) is 28.6 Å². The summed E-state index contributed by atoms with van der Waals surface area (Å²) in [5.41, 5.74) is 2.47. The molecule has 0 radical (unpaired) electrons. The molecule has 2 aliphatic heterocycles. The van der Waals surface area contributed by atoms with Crippen molar-refractivity contribution in [1.82, 2.24) is 14.2 Å². The first-order valence-electron chi connectivity index (χ1n) is 11.3. The van der Waals surface area contributed by atoms with Gasteiger partial charge < -0.3 is 4.74 Å². The van der Waals surface area contributed by atoms with Gasteiger partial charge in [0.15, 0.2) is 5.13 Å². The van der Waals surface area contributed by atoms with Crippen molar-refractivity contribution in [2.45, 2.75) is 24.4 Å². The van der Waals surface area contributed by atoms with Crippen LogP contribution in [0.4, 0.5) is 5.13 Å². The Hall–Kier alpha value is -2.34. The summed E-state index contributed by atoms with van der Waals surface area (Å²) in [5, 5.41) is 3.42. The van der Waals surface area contributed by atoms with E-state index >= 15 is 0 Å². The molecule has 0 unspecified atom stereocenters. The molecule has 35 heavy (non-hydrogen) atoms. The van der Waals surface area contributed by atoms with Crippen molar-refractivity contribution in [2.24, 2.45) is 0 Å². The summed E-state index contributed by atoms with van der Waals surface area (Å²) < 4.78 is 32.7. The molecule has 5 rings (SSSR count). The summed E-state index contributed by atoms with van der Waals surface area (Å²) in [6.07, 6.45) is 0.817. The van der Waals surface area contributed by atoms with Crippen LogP contribution >= 0.6 is 22.9 Å². The quantitative estimate of drug-likeness (QED) is 0.521. The molecule has 0 spiro atoms. The lowest BCUT2D eigenvalue weighted by Gasteiger charge is -2.26. The zero-order chi connectivity index (χ0) is 24.4. The van der Waals surface area contributed by atoms with Gasteiger partial charge in [0, 0.05) is 49.6 Å². The third kappa shape index (κ3) is 5.42. The maximum absolute atomic E-state index is 13.1. The SMILES string of the molecule is O=C(Nc1nc2c(s1)CN(Cc1ccccc1)CC2)c1ccc(Cl)c(S(=O)(=O)N2CCOCC2)c1. The summed E-state index contributed by atoms with van der Waals surface area (Å²) in [6, 6.07) is 14.6. The van der Waals surface area contributed by atoms with E-state index in [2.05, 4.69) is 27.3 Å². The first-order valence-corrected chi connectivity index (χ1v) is 14.0. The molecule has 8 nitrogen and oxygen atoms in total. The molecule has 3 aromatic rings. The zero-order valence-corrected chi connectivity index (χ0v) is 21.3. The van der Waals surface area contributed by atoms with Crippen LogP contribution < -0.4 is 5.32 Å². The molecule has 1 saturated heterocycles. The van der Waals surface area contributed by atoms with Crippen LogP contribution in [-0.4, -0.2) is 61.4 Å². The molecule has 11 heteroatoms. The number of halogens is 1. The van der Waals surface area contributed by atoms with E-state index in [1.807, 2.05) is 18.2 Å². The first-order chi connectivity index (χ1) is 16.9. The van der Waals surface area contributed by atoms with Crippen molar-refractivity contribution in [1.29, 1.82) is 0 Å². The van der Waals surface area contributed by atoms with Gasteiger partial charge in [0.05, 0.1) is 23.9 Å². The lowest BCUT2D eigenvalue weighted by atomic mass is 10.1. The van der Waals surface area contributed by atoms with Gasteiger partial charge in [0.2, 0.25) is 10.0 Å². The summed E-state index contributed by atoms with van der Waals surface area (Å²) in [6.45, 7) is 3.70. The molecule has 1 fully saturated rings. The van der Waals surface area contributed by atoms with Crippen LogP contribution in [0.15, 0.2) is 53.4 Å². The maximum Gasteiger partial charge on any atom is 0.257 e. The normalized spacial score (nSPS) is 17.2. The number of thiazole rings is 1. The number of sulfonamides is 1. The van der Waals surface area contributed by atoms with Crippen LogP contribution in [0.2, 0.25) is 5.02 Å². The second-order valence-electron chi connectivity index (χ2n) is 8.45. The molecule has 1 aromatic heterocycles.